The number of likely N-dealkylation sites (N-methyl/N-ethyl adjacent to an activating group) is 1. The van der Waals surface area contributed by atoms with Crippen molar-refractivity contribution in [1.82, 2.24) is 0 Å². The molecule has 0 aliphatic carbocycles. The highest BCUT2D eigenvalue weighted by atomic mass is 16.6. The van der Waals surface area contributed by atoms with E-state index in [1.807, 2.05) is 0 Å². The van der Waals surface area contributed by atoms with Gasteiger partial charge in [-0.05, 0) is 44.9 Å². The number of quaternary nitrogens is 1. The van der Waals surface area contributed by atoms with Gasteiger partial charge in [-0.2, -0.15) is 0 Å². The van der Waals surface area contributed by atoms with Gasteiger partial charge in [0, 0.05) is 19.3 Å². The molecule has 0 aromatic heterocycles. The van der Waals surface area contributed by atoms with E-state index in [-0.39, 0.29) is 42.7 Å². The molecule has 2 unspecified atom stereocenters. The summed E-state index contributed by atoms with van der Waals surface area (Å²) in [6.07, 6.45) is 40.2. The average Bonchev–Trinajstić information content (AvgIpc) is 3.11. The summed E-state index contributed by atoms with van der Waals surface area (Å²) in [5.41, 5.74) is 0. The van der Waals surface area contributed by atoms with Crippen molar-refractivity contribution in [1.29, 1.82) is 0 Å². The topological polar surface area (TPSA) is 102 Å². The van der Waals surface area contributed by atoms with Gasteiger partial charge in [-0.25, -0.2) is 0 Å². The third-order valence-electron chi connectivity index (χ3n) is 9.54. The predicted octanol–water partition coefficient (Wildman–Crippen LogP) is 10.1. The zero-order chi connectivity index (χ0) is 39.3. The van der Waals surface area contributed by atoms with Crippen molar-refractivity contribution < 1.29 is 38.2 Å². The lowest BCUT2D eigenvalue weighted by Gasteiger charge is -2.34. The third-order valence-corrected chi connectivity index (χ3v) is 9.54. The Morgan fingerprint density at radius 1 is 0.585 bits per heavy atom. The van der Waals surface area contributed by atoms with Crippen LogP contribution in [0.5, 0.6) is 0 Å². The summed E-state index contributed by atoms with van der Waals surface area (Å²) in [6, 6.07) is -0.724. The maximum atomic E-state index is 12.7. The van der Waals surface area contributed by atoms with E-state index in [0.29, 0.717) is 12.8 Å². The Balaban J connectivity index is 4.30. The summed E-state index contributed by atoms with van der Waals surface area (Å²) in [7, 11) is 5.40. The lowest BCUT2D eigenvalue weighted by atomic mass is 10.1. The zero-order valence-corrected chi connectivity index (χ0v) is 34.9. The summed E-state index contributed by atoms with van der Waals surface area (Å²) in [5, 5.41) is 11.6. The Hall–Kier alpha value is -2.45. The van der Waals surface area contributed by atoms with E-state index in [4.69, 9.17) is 14.2 Å². The van der Waals surface area contributed by atoms with Gasteiger partial charge in [-0.15, -0.1) is 0 Å². The summed E-state index contributed by atoms with van der Waals surface area (Å²) in [4.78, 5) is 36.7. The third kappa shape index (κ3) is 35.0. The molecule has 0 fully saturated rings. The fraction of sp³-hybridized carbons (Fsp3) is 0.800. The molecule has 0 aromatic rings. The minimum atomic E-state index is -1.13. The highest BCUT2D eigenvalue weighted by molar-refractivity contribution is 5.70. The highest BCUT2D eigenvalue weighted by Gasteiger charge is 2.25. The Labute approximate surface area is 325 Å². The predicted molar refractivity (Wildman–Crippen MR) is 217 cm³/mol. The normalized spacial score (nSPS) is 13.3. The number of carbonyl (C=O) groups excluding carboxylic acids is 3. The minimum Gasteiger partial charge on any atom is -0.544 e. The second-order valence-corrected chi connectivity index (χ2v) is 15.6. The minimum absolute atomic E-state index is 0.0407. The molecule has 0 spiro atoms. The van der Waals surface area contributed by atoms with Crippen molar-refractivity contribution in [2.24, 2.45) is 0 Å². The standard InChI is InChI=1S/C45H81NO7/c1-6-8-10-12-14-16-18-19-20-21-22-23-24-25-26-28-30-32-34-36-44(48)53-41(39-51-38-37-42(45(49)50)46(3,4)5)40-52-43(47)35-33-31-29-27-17-15-13-11-9-7-2/h8,10,14,16,19-20,41-42H,6-7,9,11-13,15,17-18,21-40H2,1-5H3/b10-8+,16-14+,20-19+. The molecule has 0 aliphatic rings. The van der Waals surface area contributed by atoms with E-state index in [1.165, 1.54) is 83.5 Å². The highest BCUT2D eigenvalue weighted by Crippen LogP contribution is 2.14. The molecule has 0 rings (SSSR count). The Morgan fingerprint density at radius 3 is 1.57 bits per heavy atom. The molecule has 0 heterocycles. The van der Waals surface area contributed by atoms with Crippen molar-refractivity contribution in [2.45, 2.75) is 193 Å². The quantitative estimate of drug-likeness (QED) is 0.0268. The van der Waals surface area contributed by atoms with Crippen molar-refractivity contribution in [3.63, 3.8) is 0 Å². The van der Waals surface area contributed by atoms with E-state index >= 15 is 0 Å². The van der Waals surface area contributed by atoms with Crippen LogP contribution in [0.2, 0.25) is 0 Å². The number of carboxylic acids is 1. The smallest absolute Gasteiger partial charge is 0.306 e. The molecule has 0 radical (unpaired) electrons. The first-order valence-corrected chi connectivity index (χ1v) is 21.5. The van der Waals surface area contributed by atoms with Gasteiger partial charge in [0.15, 0.2) is 6.10 Å². The van der Waals surface area contributed by atoms with Gasteiger partial charge >= 0.3 is 11.9 Å². The Morgan fingerprint density at radius 2 is 1.06 bits per heavy atom. The van der Waals surface area contributed by atoms with Crippen LogP contribution in [0.3, 0.4) is 0 Å². The molecule has 308 valence electrons. The first kappa shape index (κ1) is 50.5. The first-order chi connectivity index (χ1) is 25.6. The van der Waals surface area contributed by atoms with Crippen molar-refractivity contribution in [3.05, 3.63) is 36.5 Å². The molecule has 2 atom stereocenters. The molecular formula is C45H81NO7. The largest absolute Gasteiger partial charge is 0.544 e. The molecule has 8 nitrogen and oxygen atoms in total. The van der Waals surface area contributed by atoms with E-state index in [1.54, 1.807) is 21.1 Å². The van der Waals surface area contributed by atoms with Gasteiger partial charge in [0.05, 0.1) is 40.3 Å². The molecule has 0 saturated heterocycles. The maximum Gasteiger partial charge on any atom is 0.306 e. The van der Waals surface area contributed by atoms with Crippen molar-refractivity contribution >= 4 is 17.9 Å². The Kier molecular flexibility index (Phi) is 34.8. The SMILES string of the molecule is CC/C=C/C/C=C/C/C=C/CCCCCCCCCCCC(=O)OC(COCCC(C(=O)[O-])[N+](C)(C)C)COC(=O)CCCCCCCCCCCC. The van der Waals surface area contributed by atoms with Crippen LogP contribution in [0.1, 0.15) is 181 Å². The van der Waals surface area contributed by atoms with Gasteiger partial charge in [-0.3, -0.25) is 9.59 Å². The summed E-state index contributed by atoms with van der Waals surface area (Å²) in [6.45, 7) is 4.53. The van der Waals surface area contributed by atoms with E-state index in [9.17, 15) is 19.5 Å². The molecule has 0 saturated carbocycles. The van der Waals surface area contributed by atoms with Crippen LogP contribution in [0.25, 0.3) is 0 Å². The summed E-state index contributed by atoms with van der Waals surface area (Å²) >= 11 is 0. The molecule has 0 amide bonds. The number of aliphatic carboxylic acids is 1. The van der Waals surface area contributed by atoms with Gasteiger partial charge in [0.1, 0.15) is 12.6 Å². The molecule has 0 aliphatic heterocycles. The molecule has 0 N–H and O–H groups in total. The van der Waals surface area contributed by atoms with Crippen LogP contribution in [0.15, 0.2) is 36.5 Å². The van der Waals surface area contributed by atoms with Crippen molar-refractivity contribution in [2.75, 3.05) is 41.0 Å². The van der Waals surface area contributed by atoms with Crippen LogP contribution in [0, 0.1) is 0 Å². The number of hydrogen-bond acceptors (Lipinski definition) is 7. The molecule has 0 aromatic carbocycles. The van der Waals surface area contributed by atoms with Gasteiger partial charge in [0.2, 0.25) is 0 Å². The number of carbonyl (C=O) groups is 3. The zero-order valence-electron chi connectivity index (χ0n) is 34.9. The second kappa shape index (κ2) is 36.5. The Bertz CT molecular complexity index is 968. The number of unbranched alkanes of at least 4 members (excludes halogenated alkanes) is 18. The van der Waals surface area contributed by atoms with Gasteiger partial charge < -0.3 is 28.6 Å². The van der Waals surface area contributed by atoms with Gasteiger partial charge in [-0.1, -0.05) is 153 Å². The number of allylic oxidation sites excluding steroid dienone is 6. The van der Waals surface area contributed by atoms with Gasteiger partial charge in [0.25, 0.3) is 0 Å². The van der Waals surface area contributed by atoms with E-state index in [2.05, 4.69) is 50.3 Å². The summed E-state index contributed by atoms with van der Waals surface area (Å²) in [5.74, 6) is -1.74. The average molecular weight is 748 g/mol. The van der Waals surface area contributed by atoms with Crippen LogP contribution < -0.4 is 5.11 Å². The first-order valence-electron chi connectivity index (χ1n) is 21.5. The van der Waals surface area contributed by atoms with Crippen molar-refractivity contribution in [3.8, 4) is 0 Å². The summed E-state index contributed by atoms with van der Waals surface area (Å²) < 4.78 is 17.1. The van der Waals surface area contributed by atoms with Crippen LogP contribution in [-0.4, -0.2) is 75.5 Å². The fourth-order valence-electron chi connectivity index (χ4n) is 6.20. The number of hydrogen-bond donors (Lipinski definition) is 0. The van der Waals surface area contributed by atoms with E-state index in [0.717, 1.165) is 64.2 Å². The second-order valence-electron chi connectivity index (χ2n) is 15.6. The fourth-order valence-corrected chi connectivity index (χ4v) is 6.20. The van der Waals surface area contributed by atoms with E-state index < -0.39 is 18.1 Å². The molecule has 0 bridgehead atoms. The molecule has 8 heteroatoms. The maximum absolute atomic E-state index is 12.7. The number of ether oxygens (including phenoxy) is 3. The monoisotopic (exact) mass is 748 g/mol. The number of rotatable bonds is 38. The molecular weight excluding hydrogens is 666 g/mol. The lowest BCUT2D eigenvalue weighted by molar-refractivity contribution is -0.889. The van der Waals surface area contributed by atoms with Crippen LogP contribution in [-0.2, 0) is 28.6 Å². The van der Waals surface area contributed by atoms with Crippen LogP contribution in [0.4, 0.5) is 0 Å². The number of esters is 2. The number of carboxylic acid groups (broad SMARTS) is 1. The lowest BCUT2D eigenvalue weighted by Crippen LogP contribution is -2.55. The molecule has 53 heavy (non-hydrogen) atoms. The number of nitrogens with zero attached hydrogens (tertiary/aromatic N) is 1. The van der Waals surface area contributed by atoms with Crippen LogP contribution >= 0.6 is 0 Å².